The monoisotopic (exact) mass is 611 g/mol. The molecule has 2 amide bonds. The van der Waals surface area contributed by atoms with Crippen LogP contribution in [-0.4, -0.2) is 69.6 Å². The van der Waals surface area contributed by atoms with Crippen molar-refractivity contribution >= 4 is 58.2 Å². The van der Waals surface area contributed by atoms with Crippen molar-refractivity contribution in [3.8, 4) is 17.2 Å². The first-order valence-corrected chi connectivity index (χ1v) is 15.3. The Morgan fingerprint density at radius 3 is 2.69 bits per heavy atom. The van der Waals surface area contributed by atoms with E-state index in [1.807, 2.05) is 6.92 Å². The first-order valence-electron chi connectivity index (χ1n) is 13.8. The third-order valence-corrected chi connectivity index (χ3v) is 7.80. The molecule has 1 N–H and O–H groups in total. The van der Waals surface area contributed by atoms with E-state index in [4.69, 9.17) is 21.1 Å². The summed E-state index contributed by atoms with van der Waals surface area (Å²) in [6.45, 7) is 8.35. The van der Waals surface area contributed by atoms with E-state index in [1.165, 1.54) is 0 Å². The van der Waals surface area contributed by atoms with Gasteiger partial charge in [-0.2, -0.15) is 21.7 Å². The zero-order chi connectivity index (χ0) is 30.4. The number of hydrogen-bond acceptors (Lipinski definition) is 8. The lowest BCUT2D eigenvalue weighted by atomic mass is 9.97. The molecule has 0 radical (unpaired) electrons. The van der Waals surface area contributed by atoms with Gasteiger partial charge >= 0.3 is 12.2 Å². The van der Waals surface area contributed by atoms with Gasteiger partial charge in [0.1, 0.15) is 12.2 Å². The molecule has 0 bridgehead atoms. The number of halogens is 1. The molecule has 2 aromatic carbocycles. The molecule has 1 fully saturated rings. The normalized spacial score (nSPS) is 15.2. The van der Waals surface area contributed by atoms with E-state index in [-0.39, 0.29) is 24.9 Å². The molecule has 4 rings (SSSR count). The lowest BCUT2D eigenvalue weighted by Crippen LogP contribution is -2.45. The molecule has 1 atom stereocenters. The van der Waals surface area contributed by atoms with Crippen LogP contribution in [-0.2, 0) is 14.3 Å². The highest BCUT2D eigenvalue weighted by molar-refractivity contribution is 7.99. The molecule has 3 aromatic rings. The maximum absolute atomic E-state index is 13.5. The van der Waals surface area contributed by atoms with Gasteiger partial charge < -0.3 is 19.7 Å². The average molecular weight is 612 g/mol. The molecule has 1 aliphatic heterocycles. The van der Waals surface area contributed by atoms with Crippen LogP contribution in [0.3, 0.4) is 0 Å². The number of carbonyl (C=O) groups excluding carboxylic acids is 3. The van der Waals surface area contributed by atoms with Crippen LogP contribution in [0, 0.1) is 17.2 Å². The Labute approximate surface area is 254 Å². The molecule has 0 unspecified atom stereocenters. The van der Waals surface area contributed by atoms with Gasteiger partial charge in [-0.25, -0.2) is 9.59 Å². The summed E-state index contributed by atoms with van der Waals surface area (Å²) in [5.41, 5.74) is 1.55. The fourth-order valence-corrected chi connectivity index (χ4v) is 5.35. The number of benzene rings is 2. The Bertz CT molecular complexity index is 1530. The quantitative estimate of drug-likeness (QED) is 0.298. The number of piperidine rings is 1. The van der Waals surface area contributed by atoms with Gasteiger partial charge in [0.2, 0.25) is 5.91 Å². The van der Waals surface area contributed by atoms with Crippen molar-refractivity contribution in [2.75, 3.05) is 36.5 Å². The summed E-state index contributed by atoms with van der Waals surface area (Å²) in [5, 5.41) is 17.6. The maximum atomic E-state index is 13.5. The van der Waals surface area contributed by atoms with Crippen LogP contribution in [0.1, 0.15) is 46.1 Å². The predicted octanol–water partition coefficient (Wildman–Crippen LogP) is 6.55. The number of nitriles is 1. The second kappa shape index (κ2) is 13.5. The van der Waals surface area contributed by atoms with Gasteiger partial charge in [0.05, 0.1) is 23.1 Å². The molecule has 2 heterocycles. The summed E-state index contributed by atoms with van der Waals surface area (Å²) in [6.07, 6.45) is 0.109. The van der Waals surface area contributed by atoms with Crippen molar-refractivity contribution in [3.05, 3.63) is 47.0 Å². The second-order valence-electron chi connectivity index (χ2n) is 10.9. The molecule has 222 valence electrons. The third-order valence-electron chi connectivity index (χ3n) is 6.60. The van der Waals surface area contributed by atoms with Crippen LogP contribution in [0.25, 0.3) is 22.0 Å². The molecular formula is C30H34ClN5O5S. The van der Waals surface area contributed by atoms with Crippen LogP contribution in [0.5, 0.6) is 0 Å². The fraction of sp³-hybridized carbons (Fsp3) is 0.433. The number of hydrogen-bond donors (Lipinski definition) is 1. The van der Waals surface area contributed by atoms with E-state index in [0.717, 1.165) is 10.4 Å². The Kier molecular flexibility index (Phi) is 10.0. The van der Waals surface area contributed by atoms with Gasteiger partial charge in [-0.15, -0.1) is 5.10 Å². The summed E-state index contributed by atoms with van der Waals surface area (Å²) in [7, 11) is 0. The summed E-state index contributed by atoms with van der Waals surface area (Å²) in [6, 6.07) is 12.3. The molecule has 10 nitrogen and oxygen atoms in total. The molecule has 0 spiro atoms. The van der Waals surface area contributed by atoms with Crippen molar-refractivity contribution in [1.29, 1.82) is 5.26 Å². The lowest BCUT2D eigenvalue weighted by molar-refractivity contribution is -0.121. The summed E-state index contributed by atoms with van der Waals surface area (Å²) in [5.74, 6) is 0.924. The minimum absolute atomic E-state index is 0.179. The van der Waals surface area contributed by atoms with Crippen LogP contribution < -0.4 is 5.32 Å². The third kappa shape index (κ3) is 7.55. The highest BCUT2D eigenvalue weighted by Crippen LogP contribution is 2.34. The Morgan fingerprint density at radius 2 is 1.98 bits per heavy atom. The molecular weight excluding hydrogens is 578 g/mol. The zero-order valence-electron chi connectivity index (χ0n) is 24.1. The smallest absolute Gasteiger partial charge is 0.435 e. The Balaban J connectivity index is 1.65. The SMILES string of the molecule is CCSCCOC(=O)n1nc(NC(=O)[C@@H]2CCCN(C(=O)OC(C)(C)C)C2)c2cc(-c3cc(C#N)ccc3Cl)ccc21. The summed E-state index contributed by atoms with van der Waals surface area (Å²) < 4.78 is 12.1. The molecule has 42 heavy (non-hydrogen) atoms. The van der Waals surface area contributed by atoms with Gasteiger partial charge in [-0.05, 0) is 75.3 Å². The topological polar surface area (TPSA) is 127 Å². The van der Waals surface area contributed by atoms with E-state index in [2.05, 4.69) is 16.5 Å². The van der Waals surface area contributed by atoms with E-state index in [0.29, 0.717) is 57.8 Å². The molecule has 0 saturated carbocycles. The number of likely N-dealkylation sites (tertiary alicyclic amines) is 1. The minimum Gasteiger partial charge on any atom is -0.447 e. The van der Waals surface area contributed by atoms with Crippen LogP contribution in [0.2, 0.25) is 5.02 Å². The van der Waals surface area contributed by atoms with Crippen molar-refractivity contribution in [2.24, 2.45) is 5.92 Å². The van der Waals surface area contributed by atoms with Gasteiger partial charge in [-0.1, -0.05) is 24.6 Å². The largest absolute Gasteiger partial charge is 0.447 e. The number of nitrogens with zero attached hydrogens (tertiary/aromatic N) is 4. The average Bonchev–Trinajstić information content (AvgIpc) is 3.32. The molecule has 1 aromatic heterocycles. The molecule has 0 aliphatic carbocycles. The summed E-state index contributed by atoms with van der Waals surface area (Å²) >= 11 is 8.11. The molecule has 1 saturated heterocycles. The number of nitrogens with one attached hydrogen (secondary N) is 1. The zero-order valence-corrected chi connectivity index (χ0v) is 25.7. The van der Waals surface area contributed by atoms with Gasteiger partial charge in [0.15, 0.2) is 5.82 Å². The number of fused-ring (bicyclic) bond motifs is 1. The minimum atomic E-state index is -0.664. The number of rotatable bonds is 7. The number of anilines is 1. The Hall–Kier alpha value is -3.75. The number of aromatic nitrogens is 2. The number of ether oxygens (including phenoxy) is 2. The highest BCUT2D eigenvalue weighted by Gasteiger charge is 2.32. The Morgan fingerprint density at radius 1 is 1.19 bits per heavy atom. The first-order chi connectivity index (χ1) is 20.0. The van der Waals surface area contributed by atoms with Crippen LogP contribution in [0.15, 0.2) is 36.4 Å². The predicted molar refractivity (Wildman–Crippen MR) is 164 cm³/mol. The van der Waals surface area contributed by atoms with Gasteiger partial charge in [-0.3, -0.25) is 4.79 Å². The standard InChI is InChI=1S/C30H34ClN5O5S/c1-5-42-14-13-40-29(39)36-25-11-9-20(22-15-19(17-32)8-10-24(22)31)16-23(25)26(34-36)33-27(37)21-7-6-12-35(18-21)28(38)41-30(2,3)4/h8-11,15-16,21H,5-7,12-14,18H2,1-4H3,(H,33,34,37)/t21-/m1/s1. The molecule has 12 heteroatoms. The van der Waals surface area contributed by atoms with Crippen molar-refractivity contribution in [3.63, 3.8) is 0 Å². The highest BCUT2D eigenvalue weighted by atomic mass is 35.5. The first kappa shape index (κ1) is 31.2. The van der Waals surface area contributed by atoms with Crippen LogP contribution in [0.4, 0.5) is 15.4 Å². The lowest BCUT2D eigenvalue weighted by Gasteiger charge is -2.33. The molecule has 1 aliphatic rings. The van der Waals surface area contributed by atoms with Crippen molar-refractivity contribution < 1.29 is 23.9 Å². The fourth-order valence-electron chi connectivity index (χ4n) is 4.63. The van der Waals surface area contributed by atoms with Crippen molar-refractivity contribution in [2.45, 2.75) is 46.1 Å². The van der Waals surface area contributed by atoms with Crippen molar-refractivity contribution in [1.82, 2.24) is 14.7 Å². The van der Waals surface area contributed by atoms with E-state index >= 15 is 0 Å². The maximum Gasteiger partial charge on any atom is 0.435 e. The van der Waals surface area contributed by atoms with Gasteiger partial charge in [0.25, 0.3) is 0 Å². The number of carbonyl (C=O) groups is 3. The van der Waals surface area contributed by atoms with E-state index < -0.39 is 23.7 Å². The second-order valence-corrected chi connectivity index (χ2v) is 12.7. The number of thioether (sulfide) groups is 1. The number of amides is 2. The van der Waals surface area contributed by atoms with Crippen LogP contribution >= 0.6 is 23.4 Å². The summed E-state index contributed by atoms with van der Waals surface area (Å²) in [4.78, 5) is 40.6. The van der Waals surface area contributed by atoms with E-state index in [1.54, 1.807) is 73.8 Å². The van der Waals surface area contributed by atoms with E-state index in [9.17, 15) is 19.6 Å². The van der Waals surface area contributed by atoms with Gasteiger partial charge in [0, 0.05) is 34.8 Å².